The highest BCUT2D eigenvalue weighted by Crippen LogP contribution is 2.46. The van der Waals surface area contributed by atoms with E-state index in [0.717, 1.165) is 0 Å². The Hall–Kier alpha value is -6.50. The molecule has 0 unspecified atom stereocenters. The molecule has 0 atom stereocenters. The molecule has 0 bridgehead atoms. The molecule has 0 spiro atoms. The lowest BCUT2D eigenvalue weighted by atomic mass is 9.85. The Labute approximate surface area is 290 Å². The fourth-order valence-corrected chi connectivity index (χ4v) is 8.73. The summed E-state index contributed by atoms with van der Waals surface area (Å²) in [7, 11) is 0. The summed E-state index contributed by atoms with van der Waals surface area (Å²) >= 11 is 0. The Morgan fingerprint density at radius 1 is 0.200 bits per heavy atom. The molecule has 0 heteroatoms. The fraction of sp³-hybridized carbons (Fsp3) is 0. The van der Waals surface area contributed by atoms with Gasteiger partial charge in [-0.2, -0.15) is 0 Å². The van der Waals surface area contributed by atoms with Gasteiger partial charge in [0.05, 0.1) is 0 Å². The summed E-state index contributed by atoms with van der Waals surface area (Å²) in [6, 6.07) is 67.5. The lowest BCUT2D eigenvalue weighted by Crippen LogP contribution is -1.91. The summed E-state index contributed by atoms with van der Waals surface area (Å²) in [6.07, 6.45) is 0. The van der Waals surface area contributed by atoms with E-state index in [0.29, 0.717) is 0 Å². The van der Waals surface area contributed by atoms with Crippen molar-refractivity contribution < 1.29 is 0 Å². The highest BCUT2D eigenvalue weighted by molar-refractivity contribution is 6.30. The molecule has 11 aromatic rings. The molecule has 0 saturated carbocycles. The normalized spacial score (nSPS) is 12.0. The van der Waals surface area contributed by atoms with Crippen LogP contribution in [0.2, 0.25) is 0 Å². The molecule has 0 heterocycles. The summed E-state index contributed by atoms with van der Waals surface area (Å²) in [4.78, 5) is 0. The lowest BCUT2D eigenvalue weighted by Gasteiger charge is -2.19. The summed E-state index contributed by atoms with van der Waals surface area (Å²) < 4.78 is 0. The SMILES string of the molecule is c1ccc(-c2cc3cccc4c(-c5ccc(-c6cc7cccc8c(-c9ccccc9)cc9cccc6c9c78)cc5)cc5cccc2c5c34)cc1. The van der Waals surface area contributed by atoms with Crippen molar-refractivity contribution in [1.29, 1.82) is 0 Å². The van der Waals surface area contributed by atoms with E-state index < -0.39 is 0 Å². The van der Waals surface area contributed by atoms with Gasteiger partial charge in [0.15, 0.2) is 0 Å². The molecule has 0 nitrogen and oxygen atoms in total. The lowest BCUT2D eigenvalue weighted by molar-refractivity contribution is 1.64. The molecule has 230 valence electrons. The highest BCUT2D eigenvalue weighted by atomic mass is 14.2. The summed E-state index contributed by atoms with van der Waals surface area (Å²) in [5.74, 6) is 0. The molecule has 0 amide bonds. The topological polar surface area (TPSA) is 0 Å². The second kappa shape index (κ2) is 10.5. The van der Waals surface area contributed by atoms with Crippen LogP contribution in [0.25, 0.3) is 109 Å². The summed E-state index contributed by atoms with van der Waals surface area (Å²) in [5, 5.41) is 15.7. The minimum Gasteiger partial charge on any atom is -0.0622 e. The minimum absolute atomic E-state index is 1.24. The first kappa shape index (κ1) is 27.5. The molecule has 0 aromatic heterocycles. The van der Waals surface area contributed by atoms with E-state index in [1.165, 1.54) is 109 Å². The summed E-state index contributed by atoms with van der Waals surface area (Å²) in [6.45, 7) is 0. The van der Waals surface area contributed by atoms with Gasteiger partial charge < -0.3 is 0 Å². The Kier molecular flexibility index (Phi) is 5.76. The maximum absolute atomic E-state index is 2.40. The molecule has 0 N–H and O–H groups in total. The van der Waals surface area contributed by atoms with Crippen molar-refractivity contribution in [2.24, 2.45) is 0 Å². The van der Waals surface area contributed by atoms with Crippen molar-refractivity contribution >= 4 is 64.6 Å². The number of hydrogen-bond donors (Lipinski definition) is 0. The predicted molar refractivity (Wildman–Crippen MR) is 216 cm³/mol. The van der Waals surface area contributed by atoms with E-state index in [1.54, 1.807) is 0 Å². The zero-order valence-electron chi connectivity index (χ0n) is 27.3. The van der Waals surface area contributed by atoms with E-state index in [1.807, 2.05) is 0 Å². The zero-order chi connectivity index (χ0) is 32.8. The van der Waals surface area contributed by atoms with E-state index in [2.05, 4.69) is 182 Å². The van der Waals surface area contributed by atoms with Gasteiger partial charge in [0.25, 0.3) is 0 Å². The highest BCUT2D eigenvalue weighted by Gasteiger charge is 2.18. The van der Waals surface area contributed by atoms with Crippen LogP contribution in [0.3, 0.4) is 0 Å². The largest absolute Gasteiger partial charge is 0.0622 e. The molecular weight excluding hydrogens is 601 g/mol. The van der Waals surface area contributed by atoms with Crippen LogP contribution < -0.4 is 0 Å². The van der Waals surface area contributed by atoms with Crippen LogP contribution in [0.4, 0.5) is 0 Å². The van der Waals surface area contributed by atoms with Crippen molar-refractivity contribution in [1.82, 2.24) is 0 Å². The minimum atomic E-state index is 1.24. The van der Waals surface area contributed by atoms with Crippen LogP contribution in [-0.2, 0) is 0 Å². The molecule has 0 aliphatic rings. The smallest absolute Gasteiger partial charge is 0.00201 e. The van der Waals surface area contributed by atoms with Gasteiger partial charge in [-0.05, 0) is 133 Å². The van der Waals surface area contributed by atoms with Crippen molar-refractivity contribution in [2.45, 2.75) is 0 Å². The van der Waals surface area contributed by atoms with Crippen LogP contribution >= 0.6 is 0 Å². The van der Waals surface area contributed by atoms with E-state index in [4.69, 9.17) is 0 Å². The van der Waals surface area contributed by atoms with Gasteiger partial charge in [0, 0.05) is 0 Å². The van der Waals surface area contributed by atoms with Gasteiger partial charge in [-0.15, -0.1) is 0 Å². The Balaban J connectivity index is 1.09. The quantitative estimate of drug-likeness (QED) is 0.170. The second-order valence-electron chi connectivity index (χ2n) is 13.6. The first-order valence-electron chi connectivity index (χ1n) is 17.4. The van der Waals surface area contributed by atoms with Crippen LogP contribution in [0, 0.1) is 0 Å². The molecule has 11 aromatic carbocycles. The fourth-order valence-electron chi connectivity index (χ4n) is 8.73. The van der Waals surface area contributed by atoms with Crippen molar-refractivity contribution in [3.05, 3.63) is 182 Å². The Morgan fingerprint density at radius 3 is 0.740 bits per heavy atom. The molecule has 50 heavy (non-hydrogen) atoms. The van der Waals surface area contributed by atoms with E-state index in [-0.39, 0.29) is 0 Å². The summed E-state index contributed by atoms with van der Waals surface area (Å²) in [5.41, 5.74) is 10.1. The van der Waals surface area contributed by atoms with E-state index in [9.17, 15) is 0 Å². The number of rotatable bonds is 4. The predicted octanol–water partition coefficient (Wildman–Crippen LogP) is 14.1. The van der Waals surface area contributed by atoms with Gasteiger partial charge in [0.1, 0.15) is 0 Å². The zero-order valence-corrected chi connectivity index (χ0v) is 27.3. The first-order chi connectivity index (χ1) is 24.8. The molecule has 0 aliphatic heterocycles. The number of benzene rings is 11. The maximum atomic E-state index is 2.40. The van der Waals surface area contributed by atoms with Crippen molar-refractivity contribution in [2.75, 3.05) is 0 Å². The third-order valence-electron chi connectivity index (χ3n) is 10.9. The van der Waals surface area contributed by atoms with Crippen LogP contribution in [0.5, 0.6) is 0 Å². The molecule has 0 radical (unpaired) electrons. The van der Waals surface area contributed by atoms with Gasteiger partial charge in [-0.3, -0.25) is 0 Å². The average Bonchev–Trinajstić information content (AvgIpc) is 3.19. The molecule has 11 rings (SSSR count). The third-order valence-corrected chi connectivity index (χ3v) is 10.9. The Bertz CT molecular complexity index is 2830. The number of hydrogen-bond acceptors (Lipinski definition) is 0. The standard InChI is InChI=1S/C50H30/c1-3-11-31(12-4-1)43-27-35-15-9-21-41-45(29-37-17-7-19-39(43)47(37)49(35)41)33-23-25-34(26-24-33)46-30-38-18-8-20-40-44(32-13-5-2-6-14-32)28-36-16-10-22-42(46)50(36)48(38)40/h1-30H. The molecular formula is C50H30. The van der Waals surface area contributed by atoms with Crippen LogP contribution in [-0.4, -0.2) is 0 Å². The van der Waals surface area contributed by atoms with Gasteiger partial charge >= 0.3 is 0 Å². The Morgan fingerprint density at radius 2 is 0.460 bits per heavy atom. The van der Waals surface area contributed by atoms with Crippen molar-refractivity contribution in [3.8, 4) is 44.5 Å². The van der Waals surface area contributed by atoms with Gasteiger partial charge in [-0.25, -0.2) is 0 Å². The average molecular weight is 631 g/mol. The maximum Gasteiger partial charge on any atom is -0.00201 e. The van der Waals surface area contributed by atoms with Crippen LogP contribution in [0.15, 0.2) is 182 Å². The molecule has 0 saturated heterocycles. The monoisotopic (exact) mass is 630 g/mol. The van der Waals surface area contributed by atoms with Gasteiger partial charge in [-0.1, -0.05) is 158 Å². The third kappa shape index (κ3) is 3.94. The van der Waals surface area contributed by atoms with Crippen LogP contribution in [0.1, 0.15) is 0 Å². The second-order valence-corrected chi connectivity index (χ2v) is 13.6. The first-order valence-corrected chi connectivity index (χ1v) is 17.4. The van der Waals surface area contributed by atoms with Crippen molar-refractivity contribution in [3.63, 3.8) is 0 Å². The molecule has 0 aliphatic carbocycles. The molecule has 0 fully saturated rings. The van der Waals surface area contributed by atoms with Gasteiger partial charge in [0.2, 0.25) is 0 Å². The van der Waals surface area contributed by atoms with E-state index >= 15 is 0 Å².